The van der Waals surface area contributed by atoms with E-state index >= 15 is 0 Å². The molecular formula is C8H14O3S. The number of aliphatic carboxylic acids is 1. The van der Waals surface area contributed by atoms with Crippen LogP contribution in [0.4, 0.5) is 0 Å². The number of rotatable bonds is 2. The van der Waals surface area contributed by atoms with E-state index in [1.165, 1.54) is 0 Å². The molecular weight excluding hydrogens is 176 g/mol. The summed E-state index contributed by atoms with van der Waals surface area (Å²) in [6.45, 7) is 0.0114. The predicted molar refractivity (Wildman–Crippen MR) is 48.3 cm³/mol. The highest BCUT2D eigenvalue weighted by atomic mass is 32.2. The van der Waals surface area contributed by atoms with E-state index in [-0.39, 0.29) is 18.4 Å². The molecule has 1 aliphatic rings. The standard InChI is InChI=1S/C8H14O3S/c9-5-6-1-3-12-4-2-7(6)8(10)11/h6-7,9H,1-5H2,(H,10,11). The van der Waals surface area contributed by atoms with Crippen LogP contribution in [0.3, 0.4) is 0 Å². The van der Waals surface area contributed by atoms with E-state index in [1.807, 2.05) is 0 Å². The summed E-state index contributed by atoms with van der Waals surface area (Å²) < 4.78 is 0. The Morgan fingerprint density at radius 2 is 2.08 bits per heavy atom. The van der Waals surface area contributed by atoms with Crippen molar-refractivity contribution in [1.29, 1.82) is 0 Å². The van der Waals surface area contributed by atoms with Crippen LogP contribution in [0.15, 0.2) is 0 Å². The van der Waals surface area contributed by atoms with Crippen LogP contribution in [-0.2, 0) is 4.79 Å². The number of hydrogen-bond donors (Lipinski definition) is 2. The Morgan fingerprint density at radius 3 is 2.67 bits per heavy atom. The fourth-order valence-electron chi connectivity index (χ4n) is 1.53. The summed E-state index contributed by atoms with van der Waals surface area (Å²) in [7, 11) is 0. The molecule has 3 nitrogen and oxygen atoms in total. The molecule has 0 aromatic heterocycles. The van der Waals surface area contributed by atoms with Gasteiger partial charge in [-0.3, -0.25) is 4.79 Å². The number of carboxylic acids is 1. The largest absolute Gasteiger partial charge is 0.481 e. The van der Waals surface area contributed by atoms with Crippen molar-refractivity contribution < 1.29 is 15.0 Å². The van der Waals surface area contributed by atoms with Gasteiger partial charge in [0.15, 0.2) is 0 Å². The quantitative estimate of drug-likeness (QED) is 0.677. The van der Waals surface area contributed by atoms with Crippen LogP contribution in [0.2, 0.25) is 0 Å². The molecule has 2 atom stereocenters. The molecule has 0 amide bonds. The lowest BCUT2D eigenvalue weighted by Gasteiger charge is -2.17. The van der Waals surface area contributed by atoms with Crippen molar-refractivity contribution in [1.82, 2.24) is 0 Å². The lowest BCUT2D eigenvalue weighted by Crippen LogP contribution is -2.25. The van der Waals surface area contributed by atoms with E-state index in [0.29, 0.717) is 6.42 Å². The van der Waals surface area contributed by atoms with Gasteiger partial charge in [0.05, 0.1) is 5.92 Å². The lowest BCUT2D eigenvalue weighted by atomic mass is 9.89. The minimum atomic E-state index is -0.753. The maximum absolute atomic E-state index is 10.8. The molecule has 2 unspecified atom stereocenters. The van der Waals surface area contributed by atoms with Gasteiger partial charge in [-0.1, -0.05) is 0 Å². The summed E-state index contributed by atoms with van der Waals surface area (Å²) >= 11 is 1.78. The minimum absolute atomic E-state index is 0.0114. The zero-order chi connectivity index (χ0) is 8.97. The highest BCUT2D eigenvalue weighted by molar-refractivity contribution is 7.99. The van der Waals surface area contributed by atoms with Gasteiger partial charge in [0, 0.05) is 6.61 Å². The number of carboxylic acid groups (broad SMARTS) is 1. The molecule has 1 fully saturated rings. The first-order valence-corrected chi connectivity index (χ1v) is 5.32. The second-order valence-electron chi connectivity index (χ2n) is 3.08. The van der Waals surface area contributed by atoms with Gasteiger partial charge in [-0.05, 0) is 30.3 Å². The third kappa shape index (κ3) is 2.38. The number of aliphatic hydroxyl groups excluding tert-OH is 1. The van der Waals surface area contributed by atoms with Crippen molar-refractivity contribution in [2.24, 2.45) is 11.8 Å². The maximum atomic E-state index is 10.8. The Bertz CT molecular complexity index is 160. The number of carbonyl (C=O) groups is 1. The first-order valence-electron chi connectivity index (χ1n) is 4.17. The van der Waals surface area contributed by atoms with Gasteiger partial charge in [-0.2, -0.15) is 11.8 Å². The molecule has 1 rings (SSSR count). The smallest absolute Gasteiger partial charge is 0.306 e. The molecule has 2 N–H and O–H groups in total. The maximum Gasteiger partial charge on any atom is 0.306 e. The molecule has 12 heavy (non-hydrogen) atoms. The van der Waals surface area contributed by atoms with E-state index in [9.17, 15) is 4.79 Å². The average molecular weight is 190 g/mol. The monoisotopic (exact) mass is 190 g/mol. The van der Waals surface area contributed by atoms with Gasteiger partial charge in [0.2, 0.25) is 0 Å². The molecule has 70 valence electrons. The topological polar surface area (TPSA) is 57.5 Å². The molecule has 0 aliphatic carbocycles. The normalized spacial score (nSPS) is 31.1. The van der Waals surface area contributed by atoms with E-state index in [0.717, 1.165) is 17.9 Å². The molecule has 0 aromatic rings. The van der Waals surface area contributed by atoms with Gasteiger partial charge in [-0.15, -0.1) is 0 Å². The van der Waals surface area contributed by atoms with Gasteiger partial charge in [0.1, 0.15) is 0 Å². The zero-order valence-electron chi connectivity index (χ0n) is 6.90. The van der Waals surface area contributed by atoms with Crippen molar-refractivity contribution in [2.75, 3.05) is 18.1 Å². The van der Waals surface area contributed by atoms with Crippen LogP contribution in [0, 0.1) is 11.8 Å². The van der Waals surface area contributed by atoms with Crippen molar-refractivity contribution in [3.05, 3.63) is 0 Å². The van der Waals surface area contributed by atoms with E-state index < -0.39 is 5.97 Å². The number of aliphatic hydroxyl groups is 1. The Balaban J connectivity index is 2.57. The van der Waals surface area contributed by atoms with Crippen LogP contribution < -0.4 is 0 Å². The van der Waals surface area contributed by atoms with Crippen molar-refractivity contribution >= 4 is 17.7 Å². The molecule has 0 aromatic carbocycles. The summed E-state index contributed by atoms with van der Waals surface area (Å²) in [4.78, 5) is 10.8. The highest BCUT2D eigenvalue weighted by Gasteiger charge is 2.28. The Morgan fingerprint density at radius 1 is 1.42 bits per heavy atom. The second kappa shape index (κ2) is 4.72. The third-order valence-corrected chi connectivity index (χ3v) is 3.38. The summed E-state index contributed by atoms with van der Waals surface area (Å²) in [6, 6.07) is 0. The Hall–Kier alpha value is -0.220. The number of hydrogen-bond acceptors (Lipinski definition) is 3. The molecule has 4 heteroatoms. The number of thioether (sulfide) groups is 1. The fraction of sp³-hybridized carbons (Fsp3) is 0.875. The Kier molecular flexibility index (Phi) is 3.88. The molecule has 0 radical (unpaired) electrons. The summed E-state index contributed by atoms with van der Waals surface area (Å²) in [5.74, 6) is 0.779. The third-order valence-electron chi connectivity index (χ3n) is 2.33. The van der Waals surface area contributed by atoms with Crippen molar-refractivity contribution in [3.63, 3.8) is 0 Å². The summed E-state index contributed by atoms with van der Waals surface area (Å²) in [5, 5.41) is 17.8. The molecule has 0 saturated carbocycles. The van der Waals surface area contributed by atoms with Gasteiger partial charge in [-0.25, -0.2) is 0 Å². The van der Waals surface area contributed by atoms with Crippen molar-refractivity contribution in [2.45, 2.75) is 12.8 Å². The van der Waals surface area contributed by atoms with Crippen LogP contribution in [0.5, 0.6) is 0 Å². The van der Waals surface area contributed by atoms with E-state index in [4.69, 9.17) is 10.2 Å². The van der Waals surface area contributed by atoms with Gasteiger partial charge in [0.25, 0.3) is 0 Å². The molecule has 1 heterocycles. The van der Waals surface area contributed by atoms with Crippen LogP contribution >= 0.6 is 11.8 Å². The van der Waals surface area contributed by atoms with Gasteiger partial charge >= 0.3 is 5.97 Å². The molecule has 1 saturated heterocycles. The lowest BCUT2D eigenvalue weighted by molar-refractivity contribution is -0.144. The highest BCUT2D eigenvalue weighted by Crippen LogP contribution is 2.27. The summed E-state index contributed by atoms with van der Waals surface area (Å²) in [6.07, 6.45) is 1.53. The predicted octanol–water partition coefficient (Wildman–Crippen LogP) is 0.823. The zero-order valence-corrected chi connectivity index (χ0v) is 7.72. The Labute approximate surface area is 76.2 Å². The van der Waals surface area contributed by atoms with Crippen LogP contribution in [0.25, 0.3) is 0 Å². The first-order chi connectivity index (χ1) is 5.75. The molecule has 0 spiro atoms. The van der Waals surface area contributed by atoms with Crippen LogP contribution in [-0.4, -0.2) is 34.3 Å². The fourth-order valence-corrected chi connectivity index (χ4v) is 2.62. The first kappa shape index (κ1) is 9.86. The van der Waals surface area contributed by atoms with Gasteiger partial charge < -0.3 is 10.2 Å². The average Bonchev–Trinajstić information content (AvgIpc) is 2.27. The summed E-state index contributed by atoms with van der Waals surface area (Å²) in [5.41, 5.74) is 0. The van der Waals surface area contributed by atoms with Crippen molar-refractivity contribution in [3.8, 4) is 0 Å². The SMILES string of the molecule is O=C(O)C1CCSCCC1CO. The van der Waals surface area contributed by atoms with E-state index in [2.05, 4.69) is 0 Å². The minimum Gasteiger partial charge on any atom is -0.481 e. The second-order valence-corrected chi connectivity index (χ2v) is 4.30. The molecule has 1 aliphatic heterocycles. The van der Waals surface area contributed by atoms with E-state index in [1.54, 1.807) is 11.8 Å². The van der Waals surface area contributed by atoms with Crippen LogP contribution in [0.1, 0.15) is 12.8 Å². The molecule has 0 bridgehead atoms.